The number of thiophene rings is 1. The summed E-state index contributed by atoms with van der Waals surface area (Å²) in [5.41, 5.74) is 0.460. The SMILES string of the molecule is COC(=O)c1cc(C#CC2CCCCC2)sc1N(C(=O)C1CCC(C)CC1)C(C)C. The lowest BCUT2D eigenvalue weighted by atomic mass is 9.82. The molecule has 0 saturated heterocycles. The van der Waals surface area contributed by atoms with Crippen LogP contribution in [0.25, 0.3) is 0 Å². The number of ether oxygens (including phenoxy) is 1. The van der Waals surface area contributed by atoms with Crippen LogP contribution in [0.5, 0.6) is 0 Å². The first kappa shape index (κ1) is 22.9. The molecule has 1 heterocycles. The molecular weight excluding hydrogens is 394 g/mol. The van der Waals surface area contributed by atoms with E-state index in [1.54, 1.807) is 0 Å². The summed E-state index contributed by atoms with van der Waals surface area (Å²) < 4.78 is 5.04. The molecule has 0 aromatic carbocycles. The zero-order valence-corrected chi connectivity index (χ0v) is 19.6. The van der Waals surface area contributed by atoms with E-state index in [2.05, 4.69) is 18.8 Å². The van der Waals surface area contributed by atoms with Crippen molar-refractivity contribution in [3.05, 3.63) is 16.5 Å². The molecule has 0 radical (unpaired) electrons. The smallest absolute Gasteiger partial charge is 0.340 e. The molecule has 2 saturated carbocycles. The van der Waals surface area contributed by atoms with Crippen molar-refractivity contribution in [3.8, 4) is 11.8 Å². The molecule has 0 atom stereocenters. The number of hydrogen-bond donors (Lipinski definition) is 0. The van der Waals surface area contributed by atoms with Gasteiger partial charge in [-0.15, -0.1) is 11.3 Å². The van der Waals surface area contributed by atoms with E-state index in [-0.39, 0.29) is 17.9 Å². The lowest BCUT2D eigenvalue weighted by Gasteiger charge is -2.33. The highest BCUT2D eigenvalue weighted by Gasteiger charge is 2.33. The number of carbonyl (C=O) groups excluding carboxylic acids is 2. The van der Waals surface area contributed by atoms with Crippen LogP contribution >= 0.6 is 11.3 Å². The van der Waals surface area contributed by atoms with Crippen LogP contribution in [0.2, 0.25) is 0 Å². The van der Waals surface area contributed by atoms with E-state index in [4.69, 9.17) is 4.74 Å². The van der Waals surface area contributed by atoms with Crippen LogP contribution in [0, 0.1) is 29.6 Å². The molecule has 5 heteroatoms. The average molecular weight is 430 g/mol. The molecule has 0 spiro atoms. The fraction of sp³-hybridized carbons (Fsp3) is 0.680. The van der Waals surface area contributed by atoms with Gasteiger partial charge in [-0.25, -0.2) is 4.79 Å². The fourth-order valence-electron chi connectivity index (χ4n) is 4.59. The Labute approximate surface area is 185 Å². The number of rotatable bonds is 4. The number of anilines is 1. The zero-order valence-electron chi connectivity index (χ0n) is 18.8. The van der Waals surface area contributed by atoms with Crippen molar-refractivity contribution in [2.75, 3.05) is 12.0 Å². The maximum Gasteiger partial charge on any atom is 0.340 e. The van der Waals surface area contributed by atoms with Gasteiger partial charge >= 0.3 is 5.97 Å². The molecule has 2 aliphatic rings. The van der Waals surface area contributed by atoms with Gasteiger partial charge in [-0.3, -0.25) is 4.79 Å². The second-order valence-electron chi connectivity index (χ2n) is 9.18. The Morgan fingerprint density at radius 2 is 1.77 bits per heavy atom. The standard InChI is InChI=1S/C25H35NO3S/c1-17(2)26(23(27)20-13-10-18(3)11-14-20)24-22(25(28)29-4)16-21(30-24)15-12-19-8-6-5-7-9-19/h16-20H,5-11,13-14H2,1-4H3. The summed E-state index contributed by atoms with van der Waals surface area (Å²) in [6, 6.07) is 1.78. The minimum Gasteiger partial charge on any atom is -0.465 e. The van der Waals surface area contributed by atoms with Crippen molar-refractivity contribution >= 4 is 28.2 Å². The van der Waals surface area contributed by atoms with Gasteiger partial charge in [0.25, 0.3) is 0 Å². The van der Waals surface area contributed by atoms with Crippen molar-refractivity contribution in [2.45, 2.75) is 84.6 Å². The largest absolute Gasteiger partial charge is 0.465 e. The first-order valence-corrected chi connectivity index (χ1v) is 12.3. The summed E-state index contributed by atoms with van der Waals surface area (Å²) in [6.07, 6.45) is 10.2. The predicted molar refractivity (Wildman–Crippen MR) is 123 cm³/mol. The predicted octanol–water partition coefficient (Wildman–Crippen LogP) is 6.03. The number of carbonyl (C=O) groups is 2. The molecule has 1 aromatic heterocycles. The highest BCUT2D eigenvalue weighted by Crippen LogP contribution is 2.37. The van der Waals surface area contributed by atoms with Crippen LogP contribution in [0.15, 0.2) is 6.07 Å². The maximum absolute atomic E-state index is 13.5. The van der Waals surface area contributed by atoms with Gasteiger partial charge in [0.15, 0.2) is 0 Å². The minimum atomic E-state index is -0.400. The molecule has 30 heavy (non-hydrogen) atoms. The molecule has 0 bridgehead atoms. The Hall–Kier alpha value is -1.80. The molecule has 0 unspecified atom stereocenters. The second kappa shape index (κ2) is 10.5. The Morgan fingerprint density at radius 3 is 2.37 bits per heavy atom. The van der Waals surface area contributed by atoms with E-state index in [1.807, 2.05) is 24.8 Å². The first-order valence-electron chi connectivity index (χ1n) is 11.5. The van der Waals surface area contributed by atoms with Gasteiger partial charge < -0.3 is 9.64 Å². The second-order valence-corrected chi connectivity index (χ2v) is 10.2. The number of esters is 1. The van der Waals surface area contributed by atoms with Crippen LogP contribution in [0.4, 0.5) is 5.00 Å². The van der Waals surface area contributed by atoms with Crippen molar-refractivity contribution in [2.24, 2.45) is 17.8 Å². The fourth-order valence-corrected chi connectivity index (χ4v) is 5.74. The van der Waals surface area contributed by atoms with E-state index in [0.717, 1.165) is 43.4 Å². The van der Waals surface area contributed by atoms with E-state index >= 15 is 0 Å². The van der Waals surface area contributed by atoms with Crippen LogP contribution < -0.4 is 4.90 Å². The molecule has 1 aromatic rings. The summed E-state index contributed by atoms with van der Waals surface area (Å²) in [7, 11) is 1.39. The molecular formula is C25H35NO3S. The van der Waals surface area contributed by atoms with Gasteiger partial charge in [-0.05, 0) is 64.4 Å². The molecule has 0 N–H and O–H groups in total. The quantitative estimate of drug-likeness (QED) is 0.433. The van der Waals surface area contributed by atoms with E-state index in [1.165, 1.54) is 37.7 Å². The molecule has 2 fully saturated rings. The zero-order chi connectivity index (χ0) is 21.7. The Bertz CT molecular complexity index is 802. The molecule has 0 aliphatic heterocycles. The van der Waals surface area contributed by atoms with Gasteiger partial charge in [0, 0.05) is 17.9 Å². The number of hydrogen-bond acceptors (Lipinski definition) is 4. The Kier molecular flexibility index (Phi) is 7.99. The monoisotopic (exact) mass is 429 g/mol. The average Bonchev–Trinajstić information content (AvgIpc) is 3.16. The number of nitrogens with zero attached hydrogens (tertiary/aromatic N) is 1. The van der Waals surface area contributed by atoms with Gasteiger partial charge in [0.1, 0.15) is 5.00 Å². The van der Waals surface area contributed by atoms with Gasteiger partial charge in [0.2, 0.25) is 5.91 Å². The third-order valence-electron chi connectivity index (χ3n) is 6.46. The highest BCUT2D eigenvalue weighted by atomic mass is 32.1. The van der Waals surface area contributed by atoms with E-state index in [9.17, 15) is 9.59 Å². The van der Waals surface area contributed by atoms with E-state index in [0.29, 0.717) is 22.4 Å². The van der Waals surface area contributed by atoms with Crippen LogP contribution in [0.1, 0.15) is 93.8 Å². The van der Waals surface area contributed by atoms with Crippen molar-refractivity contribution in [3.63, 3.8) is 0 Å². The lowest BCUT2D eigenvalue weighted by molar-refractivity contribution is -0.123. The van der Waals surface area contributed by atoms with Gasteiger partial charge in [-0.2, -0.15) is 0 Å². The summed E-state index contributed by atoms with van der Waals surface area (Å²) >= 11 is 1.45. The van der Waals surface area contributed by atoms with Crippen LogP contribution in [0.3, 0.4) is 0 Å². The maximum atomic E-state index is 13.5. The van der Waals surface area contributed by atoms with Crippen molar-refractivity contribution in [1.29, 1.82) is 0 Å². The summed E-state index contributed by atoms with van der Waals surface area (Å²) in [5.74, 6) is 7.60. The number of methoxy groups -OCH3 is 1. The molecule has 164 valence electrons. The molecule has 1 amide bonds. The molecule has 2 aliphatic carbocycles. The van der Waals surface area contributed by atoms with Crippen molar-refractivity contribution in [1.82, 2.24) is 0 Å². The van der Waals surface area contributed by atoms with E-state index < -0.39 is 5.97 Å². The third-order valence-corrected chi connectivity index (χ3v) is 7.51. The lowest BCUT2D eigenvalue weighted by Crippen LogP contribution is -2.42. The Balaban J connectivity index is 1.90. The Morgan fingerprint density at radius 1 is 1.10 bits per heavy atom. The topological polar surface area (TPSA) is 46.6 Å². The number of amides is 1. The van der Waals surface area contributed by atoms with Gasteiger partial charge in [0.05, 0.1) is 17.6 Å². The van der Waals surface area contributed by atoms with Crippen LogP contribution in [-0.2, 0) is 9.53 Å². The summed E-state index contributed by atoms with van der Waals surface area (Å²) in [5, 5.41) is 0.688. The molecule has 3 rings (SSSR count). The third kappa shape index (κ3) is 5.46. The van der Waals surface area contributed by atoms with Gasteiger partial charge in [-0.1, -0.05) is 38.0 Å². The van der Waals surface area contributed by atoms with Crippen molar-refractivity contribution < 1.29 is 14.3 Å². The first-order chi connectivity index (χ1) is 14.4. The minimum absolute atomic E-state index is 0.0296. The van der Waals surface area contributed by atoms with Crippen LogP contribution in [-0.4, -0.2) is 25.0 Å². The highest BCUT2D eigenvalue weighted by molar-refractivity contribution is 7.17. The molecule has 4 nitrogen and oxygen atoms in total. The normalized spacial score (nSPS) is 22.3. The summed E-state index contributed by atoms with van der Waals surface area (Å²) in [4.78, 5) is 28.7. The summed E-state index contributed by atoms with van der Waals surface area (Å²) in [6.45, 7) is 6.28.